The van der Waals surface area contributed by atoms with Gasteiger partial charge in [0.25, 0.3) is 0 Å². The first kappa shape index (κ1) is 12.4. The fourth-order valence-corrected chi connectivity index (χ4v) is 0.910. The van der Waals surface area contributed by atoms with Crippen molar-refractivity contribution in [2.24, 2.45) is 5.92 Å². The maximum Gasteiger partial charge on any atom is 0.317 e. The zero-order chi connectivity index (χ0) is 10.3. The molecule has 0 bridgehead atoms. The van der Waals surface area contributed by atoms with Crippen molar-refractivity contribution in [1.82, 2.24) is 0 Å². The van der Waals surface area contributed by atoms with Crippen LogP contribution in [0.25, 0.3) is 0 Å². The van der Waals surface area contributed by atoms with Gasteiger partial charge in [0, 0.05) is 12.3 Å². The van der Waals surface area contributed by atoms with Crippen LogP contribution in [0.1, 0.15) is 20.3 Å². The fourth-order valence-electron chi connectivity index (χ4n) is 0.644. The molecule has 5 heteroatoms. The third-order valence-electron chi connectivity index (χ3n) is 1.47. The highest BCUT2D eigenvalue weighted by molar-refractivity contribution is 7.32. The van der Waals surface area contributed by atoms with Crippen molar-refractivity contribution in [3.8, 4) is 11.8 Å². The second-order valence-electron chi connectivity index (χ2n) is 2.55. The van der Waals surface area contributed by atoms with E-state index in [9.17, 15) is 9.36 Å². The van der Waals surface area contributed by atoms with E-state index >= 15 is 0 Å². The first-order valence-electron chi connectivity index (χ1n) is 3.86. The van der Waals surface area contributed by atoms with Gasteiger partial charge in [-0.1, -0.05) is 6.92 Å². The van der Waals surface area contributed by atoms with Crippen LogP contribution in [0.3, 0.4) is 0 Å². The maximum atomic E-state index is 11.1. The molecule has 0 heterocycles. The van der Waals surface area contributed by atoms with Crippen LogP contribution in [0, 0.1) is 17.8 Å². The first-order chi connectivity index (χ1) is 6.07. The number of carbonyl (C=O) groups is 1. The molecular weight excluding hydrogens is 191 g/mol. The Labute approximate surface area is 78.2 Å². The van der Waals surface area contributed by atoms with Gasteiger partial charge >= 0.3 is 8.25 Å². The second kappa shape index (κ2) is 6.85. The standard InChI is InChI=1S/C8H13O4P/c1-3-4-5-7(2)8(9)6-12-13(10)11/h7,13H,5-6H2,1-2H3,(H,10,11). The van der Waals surface area contributed by atoms with Gasteiger partial charge in [-0.25, -0.2) is 0 Å². The van der Waals surface area contributed by atoms with E-state index in [1.165, 1.54) is 0 Å². The summed E-state index contributed by atoms with van der Waals surface area (Å²) in [6, 6.07) is 0. The molecule has 0 aliphatic heterocycles. The van der Waals surface area contributed by atoms with Gasteiger partial charge in [-0.15, -0.1) is 11.8 Å². The van der Waals surface area contributed by atoms with E-state index in [0.717, 1.165) is 0 Å². The molecule has 2 unspecified atom stereocenters. The topological polar surface area (TPSA) is 63.6 Å². The molecule has 1 N–H and O–H groups in total. The minimum absolute atomic E-state index is 0.199. The average molecular weight is 204 g/mol. The van der Waals surface area contributed by atoms with E-state index in [1.807, 2.05) is 0 Å². The summed E-state index contributed by atoms with van der Waals surface area (Å²) < 4.78 is 14.4. The summed E-state index contributed by atoms with van der Waals surface area (Å²) in [5.74, 6) is 4.99. The molecule has 0 amide bonds. The summed E-state index contributed by atoms with van der Waals surface area (Å²) in [6.07, 6.45) is 0.463. The summed E-state index contributed by atoms with van der Waals surface area (Å²) in [6.45, 7) is 3.10. The van der Waals surface area contributed by atoms with E-state index in [0.29, 0.717) is 6.42 Å². The predicted molar refractivity (Wildman–Crippen MR) is 49.4 cm³/mol. The van der Waals surface area contributed by atoms with Crippen LogP contribution in [0.15, 0.2) is 0 Å². The Hall–Kier alpha value is -0.620. The van der Waals surface area contributed by atoms with Crippen molar-refractivity contribution in [1.29, 1.82) is 0 Å². The maximum absolute atomic E-state index is 11.1. The number of hydrogen-bond donors (Lipinski definition) is 1. The lowest BCUT2D eigenvalue weighted by Crippen LogP contribution is -2.15. The van der Waals surface area contributed by atoms with Crippen LogP contribution in [-0.2, 0) is 13.9 Å². The highest BCUT2D eigenvalue weighted by Gasteiger charge is 2.12. The zero-order valence-corrected chi connectivity index (χ0v) is 8.66. The molecular formula is C8H13O4P. The van der Waals surface area contributed by atoms with Crippen LogP contribution in [0.5, 0.6) is 0 Å². The molecule has 0 fully saturated rings. The fraction of sp³-hybridized carbons (Fsp3) is 0.625. The molecule has 0 aromatic heterocycles. The average Bonchev–Trinajstić information content (AvgIpc) is 2.10. The lowest BCUT2D eigenvalue weighted by atomic mass is 10.0. The Kier molecular flexibility index (Phi) is 6.52. The molecule has 0 aliphatic carbocycles. The molecule has 0 spiro atoms. The molecule has 0 aromatic carbocycles. The number of carbonyl (C=O) groups excluding carboxylic acids is 1. The summed E-state index contributed by atoms with van der Waals surface area (Å²) in [5.41, 5.74) is 0. The Balaban J connectivity index is 3.80. The van der Waals surface area contributed by atoms with Gasteiger partial charge in [0.15, 0.2) is 5.78 Å². The quantitative estimate of drug-likeness (QED) is 0.536. The second-order valence-corrected chi connectivity index (χ2v) is 3.37. The van der Waals surface area contributed by atoms with E-state index in [1.54, 1.807) is 13.8 Å². The van der Waals surface area contributed by atoms with E-state index < -0.39 is 8.25 Å². The summed E-state index contributed by atoms with van der Waals surface area (Å²) in [4.78, 5) is 19.4. The summed E-state index contributed by atoms with van der Waals surface area (Å²) >= 11 is 0. The normalized spacial score (nSPS) is 14.1. The van der Waals surface area contributed by atoms with Gasteiger partial charge in [0.1, 0.15) is 6.61 Å². The third-order valence-corrected chi connectivity index (χ3v) is 1.86. The molecule has 0 rings (SSSR count). The lowest BCUT2D eigenvalue weighted by Gasteiger charge is -2.05. The van der Waals surface area contributed by atoms with E-state index in [-0.39, 0.29) is 18.3 Å². The first-order valence-corrected chi connectivity index (χ1v) is 5.12. The van der Waals surface area contributed by atoms with E-state index in [4.69, 9.17) is 4.89 Å². The van der Waals surface area contributed by atoms with Gasteiger partial charge in [-0.2, -0.15) is 0 Å². The van der Waals surface area contributed by atoms with Crippen molar-refractivity contribution >= 4 is 14.0 Å². The number of ketones is 1. The largest absolute Gasteiger partial charge is 0.326 e. The van der Waals surface area contributed by atoms with Crippen LogP contribution in [0.4, 0.5) is 0 Å². The van der Waals surface area contributed by atoms with Crippen molar-refractivity contribution in [3.05, 3.63) is 0 Å². The Morgan fingerprint density at radius 3 is 2.77 bits per heavy atom. The molecule has 0 aromatic rings. The number of rotatable bonds is 5. The van der Waals surface area contributed by atoms with Crippen LogP contribution >= 0.6 is 8.25 Å². The number of hydrogen-bond acceptors (Lipinski definition) is 3. The molecule has 74 valence electrons. The molecule has 4 nitrogen and oxygen atoms in total. The van der Waals surface area contributed by atoms with E-state index in [2.05, 4.69) is 16.4 Å². The summed E-state index contributed by atoms with van der Waals surface area (Å²) in [7, 11) is -2.99. The lowest BCUT2D eigenvalue weighted by molar-refractivity contribution is -0.124. The molecule has 0 radical (unpaired) electrons. The van der Waals surface area contributed by atoms with Gasteiger partial charge < -0.3 is 9.42 Å². The summed E-state index contributed by atoms with van der Waals surface area (Å²) in [5, 5.41) is 0. The van der Waals surface area contributed by atoms with Gasteiger partial charge in [-0.05, 0) is 6.92 Å². The SMILES string of the molecule is CC#CCC(C)C(=O)CO[PH](=O)O. The minimum atomic E-state index is -2.99. The van der Waals surface area contributed by atoms with Gasteiger partial charge in [0.05, 0.1) is 0 Å². The number of Topliss-reactive ketones (excluding diaryl/α,β-unsaturated/α-hetero) is 1. The monoisotopic (exact) mass is 204 g/mol. The molecule has 0 saturated heterocycles. The van der Waals surface area contributed by atoms with Crippen LogP contribution in [-0.4, -0.2) is 17.3 Å². The molecule has 0 saturated carbocycles. The smallest absolute Gasteiger partial charge is 0.317 e. The highest BCUT2D eigenvalue weighted by atomic mass is 31.1. The van der Waals surface area contributed by atoms with Crippen molar-refractivity contribution in [3.63, 3.8) is 0 Å². The minimum Gasteiger partial charge on any atom is -0.326 e. The van der Waals surface area contributed by atoms with Crippen molar-refractivity contribution < 1.29 is 18.8 Å². The van der Waals surface area contributed by atoms with Crippen LogP contribution < -0.4 is 0 Å². The van der Waals surface area contributed by atoms with Crippen molar-refractivity contribution in [2.75, 3.05) is 6.61 Å². The van der Waals surface area contributed by atoms with Gasteiger partial charge in [0.2, 0.25) is 0 Å². The Bertz CT molecular complexity index is 251. The highest BCUT2D eigenvalue weighted by Crippen LogP contribution is 2.15. The molecule has 13 heavy (non-hydrogen) atoms. The van der Waals surface area contributed by atoms with Crippen molar-refractivity contribution in [2.45, 2.75) is 20.3 Å². The predicted octanol–water partition coefficient (Wildman–Crippen LogP) is 1.00. The molecule has 2 atom stereocenters. The Morgan fingerprint density at radius 2 is 2.31 bits per heavy atom. The Morgan fingerprint density at radius 1 is 1.69 bits per heavy atom. The molecule has 0 aliphatic rings. The third kappa shape index (κ3) is 6.53. The van der Waals surface area contributed by atoms with Crippen LogP contribution in [0.2, 0.25) is 0 Å². The van der Waals surface area contributed by atoms with Gasteiger partial charge in [-0.3, -0.25) is 9.36 Å². The zero-order valence-electron chi connectivity index (χ0n) is 7.66.